The topological polar surface area (TPSA) is 40.6 Å². The monoisotopic (exact) mass is 318 g/mol. The number of likely N-dealkylation sites (tertiary alicyclic amines) is 1. The zero-order valence-corrected chi connectivity index (χ0v) is 12.6. The fourth-order valence-corrected chi connectivity index (χ4v) is 4.42. The molecular formula is C15H21F3N2O2. The summed E-state index contributed by atoms with van der Waals surface area (Å²) in [6.07, 6.45) is 0.105. The highest BCUT2D eigenvalue weighted by Crippen LogP contribution is 2.49. The average Bonchev–Trinajstić information content (AvgIpc) is 3.13. The van der Waals surface area contributed by atoms with Crippen LogP contribution in [-0.4, -0.2) is 54.0 Å². The smallest absolute Gasteiger partial charge is 0.333 e. The molecule has 0 aromatic heterocycles. The summed E-state index contributed by atoms with van der Waals surface area (Å²) >= 11 is 0. The molecule has 0 aromatic carbocycles. The van der Waals surface area contributed by atoms with Gasteiger partial charge < -0.3 is 9.80 Å². The first-order valence-electron chi connectivity index (χ1n) is 7.88. The third kappa shape index (κ3) is 2.82. The maximum atomic E-state index is 12.6. The van der Waals surface area contributed by atoms with Gasteiger partial charge in [-0.3, -0.25) is 9.59 Å². The number of carbonyl (C=O) groups is 2. The fourth-order valence-electron chi connectivity index (χ4n) is 4.42. The Morgan fingerprint density at radius 1 is 1.27 bits per heavy atom. The van der Waals surface area contributed by atoms with Gasteiger partial charge in [-0.2, -0.15) is 13.2 Å². The lowest BCUT2D eigenvalue weighted by Gasteiger charge is -2.30. The number of nitrogens with zero attached hydrogens (tertiary/aromatic N) is 2. The Hall–Kier alpha value is -1.27. The molecule has 3 rings (SSSR count). The minimum Gasteiger partial charge on any atom is -0.333 e. The number of carbonyl (C=O) groups excluding carboxylic acids is 2. The van der Waals surface area contributed by atoms with Crippen molar-refractivity contribution in [1.29, 1.82) is 0 Å². The number of likely N-dealkylation sites (N-methyl/N-ethyl adjacent to an activating group) is 1. The zero-order chi connectivity index (χ0) is 16.1. The van der Waals surface area contributed by atoms with Crippen molar-refractivity contribution >= 4 is 11.8 Å². The summed E-state index contributed by atoms with van der Waals surface area (Å²) in [5.41, 5.74) is 0. The lowest BCUT2D eigenvalue weighted by atomic mass is 9.87. The molecule has 124 valence electrons. The van der Waals surface area contributed by atoms with Gasteiger partial charge in [-0.15, -0.1) is 0 Å². The van der Waals surface area contributed by atoms with Gasteiger partial charge in [-0.05, 0) is 37.5 Å². The second-order valence-electron chi connectivity index (χ2n) is 6.91. The number of amides is 2. The number of rotatable bonds is 3. The van der Waals surface area contributed by atoms with Crippen LogP contribution < -0.4 is 0 Å². The summed E-state index contributed by atoms with van der Waals surface area (Å²) in [5.74, 6) is 0.361. The van der Waals surface area contributed by atoms with Crippen LogP contribution in [0.25, 0.3) is 0 Å². The van der Waals surface area contributed by atoms with Crippen molar-refractivity contribution in [2.75, 3.05) is 20.1 Å². The highest BCUT2D eigenvalue weighted by Gasteiger charge is 2.47. The number of halogens is 3. The predicted octanol–water partition coefficient (Wildman–Crippen LogP) is 2.04. The quantitative estimate of drug-likeness (QED) is 0.799. The molecule has 3 fully saturated rings. The summed E-state index contributed by atoms with van der Waals surface area (Å²) in [6.45, 7) is -1.16. The Morgan fingerprint density at radius 3 is 2.55 bits per heavy atom. The molecule has 2 saturated carbocycles. The van der Waals surface area contributed by atoms with Crippen molar-refractivity contribution in [3.05, 3.63) is 0 Å². The Balaban J connectivity index is 1.62. The molecule has 0 N–H and O–H groups in total. The number of hydrogen-bond donors (Lipinski definition) is 0. The van der Waals surface area contributed by atoms with Gasteiger partial charge in [0.2, 0.25) is 11.8 Å². The van der Waals surface area contributed by atoms with E-state index in [2.05, 4.69) is 0 Å². The number of alkyl halides is 3. The minimum atomic E-state index is -4.39. The fraction of sp³-hybridized carbons (Fsp3) is 0.867. The molecular weight excluding hydrogens is 297 g/mol. The van der Waals surface area contributed by atoms with E-state index in [1.165, 1.54) is 11.3 Å². The van der Waals surface area contributed by atoms with Crippen LogP contribution in [0.5, 0.6) is 0 Å². The molecule has 2 amide bonds. The molecule has 4 atom stereocenters. The van der Waals surface area contributed by atoms with Gasteiger partial charge in [0.05, 0.1) is 0 Å². The molecule has 1 aliphatic heterocycles. The standard InChI is InChI=1S/C15H21F3N2O2/c1-19(13(21)11-7-9-2-3-10(11)6-9)12-4-5-20(14(12)22)8-15(16,17)18/h9-12H,2-8H2,1H3. The molecule has 2 bridgehead atoms. The summed E-state index contributed by atoms with van der Waals surface area (Å²) in [6, 6.07) is -0.728. The van der Waals surface area contributed by atoms with Crippen molar-refractivity contribution in [2.45, 2.75) is 44.3 Å². The maximum Gasteiger partial charge on any atom is 0.406 e. The number of hydrogen-bond acceptors (Lipinski definition) is 2. The minimum absolute atomic E-state index is 0.0341. The van der Waals surface area contributed by atoms with Crippen LogP contribution in [0, 0.1) is 17.8 Å². The van der Waals surface area contributed by atoms with Crippen LogP contribution in [0.4, 0.5) is 13.2 Å². The van der Waals surface area contributed by atoms with Gasteiger partial charge in [0.25, 0.3) is 0 Å². The first-order valence-corrected chi connectivity index (χ1v) is 7.88. The number of fused-ring (bicyclic) bond motifs is 2. The van der Waals surface area contributed by atoms with Crippen molar-refractivity contribution < 1.29 is 22.8 Å². The Morgan fingerprint density at radius 2 is 2.00 bits per heavy atom. The van der Waals surface area contributed by atoms with Gasteiger partial charge >= 0.3 is 6.18 Å². The van der Waals surface area contributed by atoms with E-state index in [0.29, 0.717) is 11.8 Å². The summed E-state index contributed by atoms with van der Waals surface area (Å²) in [4.78, 5) is 27.0. The van der Waals surface area contributed by atoms with Gasteiger partial charge in [-0.1, -0.05) is 6.42 Å². The Labute approximate surface area is 127 Å². The molecule has 0 spiro atoms. The van der Waals surface area contributed by atoms with E-state index < -0.39 is 24.7 Å². The van der Waals surface area contributed by atoms with Gasteiger partial charge in [0, 0.05) is 19.5 Å². The zero-order valence-electron chi connectivity index (χ0n) is 12.6. The first-order chi connectivity index (χ1) is 10.3. The van der Waals surface area contributed by atoms with Crippen LogP contribution in [0.1, 0.15) is 32.1 Å². The van der Waals surface area contributed by atoms with Crippen molar-refractivity contribution in [2.24, 2.45) is 17.8 Å². The SMILES string of the molecule is CN(C(=O)C1CC2CCC1C2)C1CCN(CC(F)(F)F)C1=O. The van der Waals surface area contributed by atoms with Gasteiger partial charge in [0.1, 0.15) is 12.6 Å². The molecule has 0 radical (unpaired) electrons. The molecule has 1 saturated heterocycles. The van der Waals surface area contributed by atoms with Gasteiger partial charge in [-0.25, -0.2) is 0 Å². The van der Waals surface area contributed by atoms with Crippen LogP contribution in [-0.2, 0) is 9.59 Å². The Bertz CT molecular complexity index is 480. The third-order valence-corrected chi connectivity index (χ3v) is 5.51. The third-order valence-electron chi connectivity index (χ3n) is 5.51. The van der Waals surface area contributed by atoms with Crippen molar-refractivity contribution in [3.63, 3.8) is 0 Å². The molecule has 2 aliphatic carbocycles. The highest BCUT2D eigenvalue weighted by molar-refractivity contribution is 5.90. The summed E-state index contributed by atoms with van der Waals surface area (Å²) in [7, 11) is 1.56. The molecule has 3 aliphatic rings. The van der Waals surface area contributed by atoms with Crippen molar-refractivity contribution in [3.8, 4) is 0 Å². The van der Waals surface area contributed by atoms with E-state index in [4.69, 9.17) is 0 Å². The molecule has 4 unspecified atom stereocenters. The normalized spacial score (nSPS) is 34.5. The maximum absolute atomic E-state index is 12.6. The summed E-state index contributed by atoms with van der Waals surface area (Å²) < 4.78 is 37.3. The lowest BCUT2D eigenvalue weighted by molar-refractivity contribution is -0.160. The van der Waals surface area contributed by atoms with Crippen LogP contribution in [0.15, 0.2) is 0 Å². The second kappa shape index (κ2) is 5.42. The molecule has 1 heterocycles. The molecule has 4 nitrogen and oxygen atoms in total. The highest BCUT2D eigenvalue weighted by atomic mass is 19.4. The van der Waals surface area contributed by atoms with E-state index in [1.807, 2.05) is 0 Å². The van der Waals surface area contributed by atoms with Crippen LogP contribution in [0.2, 0.25) is 0 Å². The van der Waals surface area contributed by atoms with Crippen LogP contribution >= 0.6 is 0 Å². The lowest BCUT2D eigenvalue weighted by Crippen LogP contribution is -2.47. The van der Waals surface area contributed by atoms with E-state index in [0.717, 1.165) is 24.2 Å². The van der Waals surface area contributed by atoms with Gasteiger partial charge in [0.15, 0.2) is 0 Å². The van der Waals surface area contributed by atoms with E-state index in [9.17, 15) is 22.8 Å². The molecule has 0 aromatic rings. The van der Waals surface area contributed by atoms with E-state index in [1.54, 1.807) is 7.05 Å². The molecule has 7 heteroatoms. The first kappa shape index (κ1) is 15.6. The van der Waals surface area contributed by atoms with E-state index >= 15 is 0 Å². The van der Waals surface area contributed by atoms with Crippen LogP contribution in [0.3, 0.4) is 0 Å². The van der Waals surface area contributed by atoms with E-state index in [-0.39, 0.29) is 24.8 Å². The summed E-state index contributed by atoms with van der Waals surface area (Å²) in [5, 5.41) is 0. The average molecular weight is 318 g/mol. The predicted molar refractivity (Wildman–Crippen MR) is 72.7 cm³/mol. The largest absolute Gasteiger partial charge is 0.406 e. The molecule has 22 heavy (non-hydrogen) atoms. The second-order valence-corrected chi connectivity index (χ2v) is 6.91. The Kier molecular flexibility index (Phi) is 3.85. The van der Waals surface area contributed by atoms with Crippen molar-refractivity contribution in [1.82, 2.24) is 9.80 Å².